The predicted octanol–water partition coefficient (Wildman–Crippen LogP) is 3.05. The van der Waals surface area contributed by atoms with Gasteiger partial charge in [-0.15, -0.1) is 0 Å². The fourth-order valence-electron chi connectivity index (χ4n) is 2.77. The Morgan fingerprint density at radius 1 is 1.28 bits per heavy atom. The fourth-order valence-corrected chi connectivity index (χ4v) is 2.77. The van der Waals surface area contributed by atoms with Crippen molar-refractivity contribution in [1.82, 2.24) is 15.1 Å². The molecule has 0 unspecified atom stereocenters. The Morgan fingerprint density at radius 2 is 2.08 bits per heavy atom. The molecule has 5 nitrogen and oxygen atoms in total. The van der Waals surface area contributed by atoms with Crippen LogP contribution in [0.2, 0.25) is 0 Å². The lowest BCUT2D eigenvalue weighted by atomic mass is 9.99. The van der Waals surface area contributed by atoms with Gasteiger partial charge in [0.2, 0.25) is 0 Å². The summed E-state index contributed by atoms with van der Waals surface area (Å²) in [5.41, 5.74) is 2.47. The van der Waals surface area contributed by atoms with Gasteiger partial charge >= 0.3 is 0 Å². The molecule has 0 atom stereocenters. The van der Waals surface area contributed by atoms with E-state index in [4.69, 9.17) is 7.48 Å². The van der Waals surface area contributed by atoms with Crippen molar-refractivity contribution in [2.24, 2.45) is 7.05 Å². The molecule has 0 bridgehead atoms. The normalized spacial score (nSPS) is 14.6. The molecule has 1 amide bonds. The van der Waals surface area contributed by atoms with E-state index in [0.29, 0.717) is 23.2 Å². The summed E-state index contributed by atoms with van der Waals surface area (Å²) in [6, 6.07) is 10.6. The maximum atomic E-state index is 13.3. The number of benzene rings is 2. The van der Waals surface area contributed by atoms with Crippen molar-refractivity contribution in [1.29, 1.82) is 0 Å². The Bertz CT molecular complexity index is 1030. The van der Waals surface area contributed by atoms with Crippen molar-refractivity contribution in [3.05, 3.63) is 71.3 Å². The number of hydrogen-bond acceptors (Lipinski definition) is 3. The van der Waals surface area contributed by atoms with Crippen LogP contribution in [-0.4, -0.2) is 15.7 Å². The average molecular weight is 339 g/mol. The number of aromatic nitrogens is 2. The summed E-state index contributed by atoms with van der Waals surface area (Å²) >= 11 is 0. The molecule has 0 aliphatic carbocycles. The van der Waals surface area contributed by atoms with Crippen molar-refractivity contribution in [2.75, 3.05) is 0 Å². The molecule has 4 rings (SSSR count). The molecule has 25 heavy (non-hydrogen) atoms. The van der Waals surface area contributed by atoms with Gasteiger partial charge in [0.05, 0.1) is 8.44 Å². The first-order valence-corrected chi connectivity index (χ1v) is 7.74. The summed E-state index contributed by atoms with van der Waals surface area (Å²) < 4.78 is 37.1. The number of carbonyl (C=O) groups is 1. The van der Waals surface area contributed by atoms with Crippen LogP contribution in [0.4, 0.5) is 4.39 Å². The molecule has 0 fully saturated rings. The summed E-state index contributed by atoms with van der Waals surface area (Å²) in [4.78, 5) is 12.0. The number of ether oxygens (including phenoxy) is 1. The van der Waals surface area contributed by atoms with E-state index in [-0.39, 0.29) is 23.2 Å². The first kappa shape index (κ1) is 13.2. The number of amides is 1. The van der Waals surface area contributed by atoms with Gasteiger partial charge in [-0.25, -0.2) is 4.39 Å². The Kier molecular flexibility index (Phi) is 3.19. The van der Waals surface area contributed by atoms with Crippen molar-refractivity contribution < 1.29 is 16.7 Å². The summed E-state index contributed by atoms with van der Waals surface area (Å²) in [6.45, 7) is -1.83. The molecule has 0 spiro atoms. The number of nitrogens with zero attached hydrogens (tertiary/aromatic N) is 2. The van der Waals surface area contributed by atoms with Crippen molar-refractivity contribution in [2.45, 2.75) is 13.1 Å². The lowest BCUT2D eigenvalue weighted by Gasteiger charge is -2.13. The second kappa shape index (κ2) is 6.05. The molecule has 1 aliphatic rings. The average Bonchev–Trinajstić information content (AvgIpc) is 3.22. The van der Waals surface area contributed by atoms with Crippen LogP contribution in [0.5, 0.6) is 5.75 Å². The molecule has 1 aliphatic heterocycles. The Balaban J connectivity index is 1.81. The second-order valence-corrected chi connectivity index (χ2v) is 5.77. The highest BCUT2D eigenvalue weighted by Gasteiger charge is 2.22. The third-order valence-electron chi connectivity index (χ3n) is 4.02. The lowest BCUT2D eigenvalue weighted by molar-refractivity contribution is 0.0966. The molecule has 0 radical (unpaired) electrons. The molecule has 2 heterocycles. The smallest absolute Gasteiger partial charge is 0.251 e. The van der Waals surface area contributed by atoms with Gasteiger partial charge in [0.1, 0.15) is 18.1 Å². The van der Waals surface area contributed by atoms with Crippen LogP contribution in [0.3, 0.4) is 0 Å². The van der Waals surface area contributed by atoms with Crippen molar-refractivity contribution in [3.8, 4) is 16.9 Å². The van der Waals surface area contributed by atoms with E-state index in [1.54, 1.807) is 37.5 Å². The second-order valence-electron chi connectivity index (χ2n) is 5.77. The quantitative estimate of drug-likeness (QED) is 0.795. The van der Waals surface area contributed by atoms with E-state index in [1.165, 1.54) is 22.9 Å². The van der Waals surface area contributed by atoms with Crippen LogP contribution < -0.4 is 10.1 Å². The zero-order chi connectivity index (χ0) is 19.2. The molecule has 3 aromatic rings. The van der Waals surface area contributed by atoms with Gasteiger partial charge in [-0.3, -0.25) is 9.48 Å². The van der Waals surface area contributed by atoms with E-state index < -0.39 is 6.56 Å². The molecular formula is C19H16FN3O2. The van der Waals surface area contributed by atoms with Gasteiger partial charge in [0, 0.05) is 30.9 Å². The van der Waals surface area contributed by atoms with E-state index >= 15 is 0 Å². The minimum Gasteiger partial charge on any atom is -0.487 e. The molecule has 0 saturated carbocycles. The SMILES string of the molecule is [2H]C([2H])(Oc1cc2c(cc1-c1ccc(F)cc1)C(=O)NC2)c1ccn(C)n1. The Hall–Kier alpha value is -3.15. The van der Waals surface area contributed by atoms with Gasteiger partial charge < -0.3 is 10.1 Å². The standard InChI is InChI=1S/C19H16FN3O2/c1-23-7-6-15(22-23)11-25-18-8-13-10-21-19(24)17(13)9-16(18)12-2-4-14(20)5-3-12/h2-9H,10-11H2,1H3,(H,21,24)/i11D2. The molecular weight excluding hydrogens is 321 g/mol. The molecule has 2 aromatic carbocycles. The molecule has 126 valence electrons. The van der Waals surface area contributed by atoms with Crippen LogP contribution >= 0.6 is 0 Å². The van der Waals surface area contributed by atoms with E-state index in [2.05, 4.69) is 10.4 Å². The summed E-state index contributed by atoms with van der Waals surface area (Å²) in [5, 5.41) is 6.81. The van der Waals surface area contributed by atoms with Crippen LogP contribution in [0, 0.1) is 5.82 Å². The first-order chi connectivity index (χ1) is 12.8. The molecule has 0 saturated heterocycles. The predicted molar refractivity (Wildman–Crippen MR) is 90.5 cm³/mol. The van der Waals surface area contributed by atoms with E-state index in [1.807, 2.05) is 0 Å². The minimum absolute atomic E-state index is 0.129. The minimum atomic E-state index is -2.18. The van der Waals surface area contributed by atoms with Gasteiger partial charge in [-0.1, -0.05) is 12.1 Å². The topological polar surface area (TPSA) is 56.1 Å². The number of aryl methyl sites for hydroxylation is 1. The van der Waals surface area contributed by atoms with Gasteiger partial charge in [0.25, 0.3) is 5.91 Å². The van der Waals surface area contributed by atoms with Crippen molar-refractivity contribution >= 4 is 5.91 Å². The highest BCUT2D eigenvalue weighted by molar-refractivity contribution is 6.00. The van der Waals surface area contributed by atoms with Crippen LogP contribution in [-0.2, 0) is 20.2 Å². The zero-order valence-electron chi connectivity index (χ0n) is 15.4. The van der Waals surface area contributed by atoms with Gasteiger partial charge in [0.15, 0.2) is 0 Å². The Labute approximate surface area is 146 Å². The van der Waals surface area contributed by atoms with Gasteiger partial charge in [-0.2, -0.15) is 5.10 Å². The monoisotopic (exact) mass is 339 g/mol. The number of halogens is 1. The highest BCUT2D eigenvalue weighted by Crippen LogP contribution is 2.35. The maximum absolute atomic E-state index is 13.3. The number of rotatable bonds is 4. The van der Waals surface area contributed by atoms with Crippen LogP contribution in [0.15, 0.2) is 48.7 Å². The van der Waals surface area contributed by atoms with E-state index in [0.717, 1.165) is 5.56 Å². The van der Waals surface area contributed by atoms with E-state index in [9.17, 15) is 9.18 Å². The van der Waals surface area contributed by atoms with Crippen molar-refractivity contribution in [3.63, 3.8) is 0 Å². The summed E-state index contributed by atoms with van der Waals surface area (Å²) in [7, 11) is 1.69. The maximum Gasteiger partial charge on any atom is 0.251 e. The van der Waals surface area contributed by atoms with Gasteiger partial charge in [-0.05, 0) is 41.5 Å². The zero-order valence-corrected chi connectivity index (χ0v) is 13.4. The number of carbonyl (C=O) groups excluding carboxylic acids is 1. The first-order valence-electron chi connectivity index (χ1n) is 8.74. The molecule has 1 aromatic heterocycles. The summed E-state index contributed by atoms with van der Waals surface area (Å²) in [5.74, 6) is -0.330. The number of fused-ring (bicyclic) bond motifs is 1. The third kappa shape index (κ3) is 2.98. The highest BCUT2D eigenvalue weighted by atomic mass is 19.1. The third-order valence-corrected chi connectivity index (χ3v) is 4.02. The molecule has 1 N–H and O–H groups in total. The summed E-state index contributed by atoms with van der Waals surface area (Å²) in [6.07, 6.45) is 1.63. The largest absolute Gasteiger partial charge is 0.487 e. The lowest BCUT2D eigenvalue weighted by Crippen LogP contribution is -2.12. The Morgan fingerprint density at radius 3 is 2.80 bits per heavy atom. The van der Waals surface area contributed by atoms with Crippen LogP contribution in [0.25, 0.3) is 11.1 Å². The fraction of sp³-hybridized carbons (Fsp3) is 0.158. The molecule has 6 heteroatoms. The number of hydrogen-bond donors (Lipinski definition) is 1. The number of nitrogens with one attached hydrogen (secondary N) is 1. The van der Waals surface area contributed by atoms with Crippen LogP contribution in [0.1, 0.15) is 24.4 Å².